The number of benzene rings is 1. The van der Waals surface area contributed by atoms with E-state index in [4.69, 9.17) is 18.0 Å². The topological polar surface area (TPSA) is 29.3 Å². The number of nitrogens with two attached hydrogens (primary N) is 1. The van der Waals surface area contributed by atoms with Gasteiger partial charge in [-0.15, -0.1) is 0 Å². The maximum Gasteiger partial charge on any atom is 0.166 e. The van der Waals surface area contributed by atoms with Crippen LogP contribution in [0, 0.1) is 0 Å². The van der Waals surface area contributed by atoms with Crippen molar-refractivity contribution >= 4 is 33.3 Å². The van der Waals surface area contributed by atoms with Gasteiger partial charge in [-0.1, -0.05) is 28.1 Å². The fourth-order valence-corrected chi connectivity index (χ4v) is 2.79. The maximum atomic E-state index is 5.63. The van der Waals surface area contributed by atoms with E-state index in [0.717, 1.165) is 30.4 Å². The molecular weight excluding hydrogens is 284 g/mol. The van der Waals surface area contributed by atoms with E-state index in [1.807, 2.05) is 0 Å². The number of nitrogens with zero attached hydrogens (tertiary/aromatic N) is 1. The molecule has 0 aromatic heterocycles. The molecule has 0 radical (unpaired) electrons. The van der Waals surface area contributed by atoms with E-state index in [2.05, 4.69) is 45.1 Å². The Morgan fingerprint density at radius 1 is 1.38 bits per heavy atom. The number of hydrogen-bond acceptors (Lipinski definition) is 1. The summed E-state index contributed by atoms with van der Waals surface area (Å²) in [5.41, 5.74) is 7.04. The first-order valence-corrected chi connectivity index (χ1v) is 6.67. The highest BCUT2D eigenvalue weighted by atomic mass is 79.9. The number of piperidine rings is 1. The highest BCUT2D eigenvalue weighted by Crippen LogP contribution is 2.29. The highest BCUT2D eigenvalue weighted by Gasteiger charge is 2.20. The molecule has 2 N–H and O–H groups in total. The van der Waals surface area contributed by atoms with Crippen molar-refractivity contribution < 1.29 is 0 Å². The van der Waals surface area contributed by atoms with Crippen molar-refractivity contribution in [1.82, 2.24) is 4.90 Å². The maximum absolute atomic E-state index is 5.63. The van der Waals surface area contributed by atoms with Crippen LogP contribution < -0.4 is 5.73 Å². The summed E-state index contributed by atoms with van der Waals surface area (Å²) in [7, 11) is 0. The average molecular weight is 299 g/mol. The molecule has 4 heteroatoms. The molecule has 0 amide bonds. The van der Waals surface area contributed by atoms with E-state index >= 15 is 0 Å². The number of hydrogen-bond donors (Lipinski definition) is 1. The van der Waals surface area contributed by atoms with Crippen molar-refractivity contribution in [1.29, 1.82) is 0 Å². The van der Waals surface area contributed by atoms with Gasteiger partial charge in [0.05, 0.1) is 0 Å². The van der Waals surface area contributed by atoms with Gasteiger partial charge < -0.3 is 10.6 Å². The predicted octanol–water partition coefficient (Wildman–Crippen LogP) is 2.87. The Balaban J connectivity index is 2.01. The first kappa shape index (κ1) is 11.9. The summed E-state index contributed by atoms with van der Waals surface area (Å²) >= 11 is 8.50. The molecule has 0 saturated carbocycles. The molecule has 1 aromatic carbocycles. The first-order valence-electron chi connectivity index (χ1n) is 5.46. The predicted molar refractivity (Wildman–Crippen MR) is 74.5 cm³/mol. The quantitative estimate of drug-likeness (QED) is 0.809. The van der Waals surface area contributed by atoms with Crippen LogP contribution in [0.3, 0.4) is 0 Å². The number of thiocarbonyl (C=S) groups is 1. The van der Waals surface area contributed by atoms with Gasteiger partial charge in [0, 0.05) is 17.6 Å². The molecule has 16 heavy (non-hydrogen) atoms. The number of halogens is 1. The van der Waals surface area contributed by atoms with Crippen LogP contribution in [-0.2, 0) is 0 Å². The second-order valence-corrected chi connectivity index (χ2v) is 5.49. The van der Waals surface area contributed by atoms with Gasteiger partial charge in [-0.3, -0.25) is 0 Å². The van der Waals surface area contributed by atoms with Crippen LogP contribution in [0.25, 0.3) is 0 Å². The van der Waals surface area contributed by atoms with Gasteiger partial charge in [0.2, 0.25) is 0 Å². The molecule has 2 rings (SSSR count). The molecule has 1 saturated heterocycles. The van der Waals surface area contributed by atoms with Crippen LogP contribution in [-0.4, -0.2) is 23.1 Å². The van der Waals surface area contributed by atoms with Gasteiger partial charge >= 0.3 is 0 Å². The minimum atomic E-state index is 0.535. The van der Waals surface area contributed by atoms with E-state index in [0.29, 0.717) is 11.0 Å². The van der Waals surface area contributed by atoms with Crippen molar-refractivity contribution in [3.05, 3.63) is 34.3 Å². The summed E-state index contributed by atoms with van der Waals surface area (Å²) in [4.78, 5) is 2.09. The highest BCUT2D eigenvalue weighted by molar-refractivity contribution is 9.10. The summed E-state index contributed by atoms with van der Waals surface area (Å²) in [6, 6.07) is 8.57. The molecule has 86 valence electrons. The molecular formula is C12H15BrN2S. The van der Waals surface area contributed by atoms with Crippen LogP contribution >= 0.6 is 28.1 Å². The van der Waals surface area contributed by atoms with Crippen molar-refractivity contribution in [2.24, 2.45) is 5.73 Å². The molecule has 0 unspecified atom stereocenters. The van der Waals surface area contributed by atoms with Crippen LogP contribution in [0.2, 0.25) is 0 Å². The van der Waals surface area contributed by atoms with Gasteiger partial charge in [-0.2, -0.15) is 0 Å². The van der Waals surface area contributed by atoms with Crippen LogP contribution in [0.5, 0.6) is 0 Å². The van der Waals surface area contributed by atoms with E-state index in [1.165, 1.54) is 5.56 Å². The first-order chi connectivity index (χ1) is 7.66. The van der Waals surface area contributed by atoms with Crippen LogP contribution in [0.4, 0.5) is 0 Å². The Hall–Kier alpha value is -0.610. The molecule has 1 aliphatic rings. The summed E-state index contributed by atoms with van der Waals surface area (Å²) in [5.74, 6) is 0.642. The third-order valence-electron chi connectivity index (χ3n) is 3.13. The lowest BCUT2D eigenvalue weighted by Crippen LogP contribution is -2.40. The van der Waals surface area contributed by atoms with Crippen molar-refractivity contribution in [3.8, 4) is 0 Å². The van der Waals surface area contributed by atoms with Crippen LogP contribution in [0.1, 0.15) is 24.3 Å². The lowest BCUT2D eigenvalue weighted by atomic mass is 9.90. The van der Waals surface area contributed by atoms with E-state index in [-0.39, 0.29) is 0 Å². The molecule has 0 aliphatic carbocycles. The second kappa shape index (κ2) is 5.15. The van der Waals surface area contributed by atoms with Crippen LogP contribution in [0.15, 0.2) is 28.7 Å². The second-order valence-electron chi connectivity index (χ2n) is 4.15. The molecule has 0 atom stereocenters. The van der Waals surface area contributed by atoms with E-state index in [9.17, 15) is 0 Å². The van der Waals surface area contributed by atoms with Gasteiger partial charge in [0.15, 0.2) is 5.11 Å². The monoisotopic (exact) mass is 298 g/mol. The third kappa shape index (κ3) is 2.74. The van der Waals surface area contributed by atoms with E-state index < -0.39 is 0 Å². The zero-order valence-corrected chi connectivity index (χ0v) is 11.4. The lowest BCUT2D eigenvalue weighted by molar-refractivity contribution is 0.315. The van der Waals surface area contributed by atoms with E-state index in [1.54, 1.807) is 0 Å². The van der Waals surface area contributed by atoms with Crippen molar-refractivity contribution in [2.75, 3.05) is 13.1 Å². The largest absolute Gasteiger partial charge is 0.376 e. The SMILES string of the molecule is NC(=S)N1CCC(c2cccc(Br)c2)CC1. The zero-order chi connectivity index (χ0) is 11.5. The Kier molecular flexibility index (Phi) is 3.82. The Morgan fingerprint density at radius 3 is 2.62 bits per heavy atom. The number of rotatable bonds is 1. The summed E-state index contributed by atoms with van der Waals surface area (Å²) in [5, 5.41) is 0.535. The van der Waals surface area contributed by atoms with Gasteiger partial charge in [0.1, 0.15) is 0 Å². The molecule has 0 spiro atoms. The minimum absolute atomic E-state index is 0.535. The smallest absolute Gasteiger partial charge is 0.166 e. The molecule has 1 fully saturated rings. The zero-order valence-electron chi connectivity index (χ0n) is 9.03. The van der Waals surface area contributed by atoms with Gasteiger partial charge in [-0.25, -0.2) is 0 Å². The minimum Gasteiger partial charge on any atom is -0.376 e. The summed E-state index contributed by atoms with van der Waals surface area (Å²) in [6.07, 6.45) is 2.27. The molecule has 0 bridgehead atoms. The fourth-order valence-electron chi connectivity index (χ4n) is 2.19. The number of likely N-dealkylation sites (tertiary alicyclic amines) is 1. The lowest BCUT2D eigenvalue weighted by Gasteiger charge is -2.32. The van der Waals surface area contributed by atoms with Gasteiger partial charge in [-0.05, 0) is 48.7 Å². The average Bonchev–Trinajstić information content (AvgIpc) is 2.29. The summed E-state index contributed by atoms with van der Waals surface area (Å²) < 4.78 is 1.15. The standard InChI is InChI=1S/C12H15BrN2S/c13-11-3-1-2-10(8-11)9-4-6-15(7-5-9)12(14)16/h1-3,8-9H,4-7H2,(H2,14,16). The van der Waals surface area contributed by atoms with Crippen molar-refractivity contribution in [2.45, 2.75) is 18.8 Å². The van der Waals surface area contributed by atoms with Gasteiger partial charge in [0.25, 0.3) is 0 Å². The third-order valence-corrected chi connectivity index (χ3v) is 3.88. The Labute approximate surface area is 110 Å². The molecule has 1 aromatic rings. The fraction of sp³-hybridized carbons (Fsp3) is 0.417. The Morgan fingerprint density at radius 2 is 2.06 bits per heavy atom. The normalized spacial score (nSPS) is 17.4. The summed E-state index contributed by atoms with van der Waals surface area (Å²) in [6.45, 7) is 1.96. The molecule has 1 heterocycles. The van der Waals surface area contributed by atoms with Crippen molar-refractivity contribution in [3.63, 3.8) is 0 Å². The Bertz CT molecular complexity index is 386. The molecule has 2 nitrogen and oxygen atoms in total. The molecule has 1 aliphatic heterocycles.